The summed E-state index contributed by atoms with van der Waals surface area (Å²) in [5.41, 5.74) is 2.83. The molecule has 0 N–H and O–H groups in total. The molecule has 0 fully saturated rings. The third-order valence-corrected chi connectivity index (χ3v) is 8.49. The maximum Gasteiger partial charge on any atom is 0.240 e. The number of hydrogen-bond donors (Lipinski definition) is 0. The zero-order valence-corrected chi connectivity index (χ0v) is 20.0. The standard InChI is InChI=1S/C33H26NO2/c35-31-28-14-12-22-8-2-4-10-24(22)26(28)16-17-30(31)33(34-20-6-1-7-21-34)19-18-27-25-11-5-3-9-23(25)13-15-29(27)32(33)36/h1-15,20-21,30H,16-19H2/q+1/t30-,33-/m1/s1. The highest BCUT2D eigenvalue weighted by molar-refractivity contribution is 6.12. The van der Waals surface area contributed by atoms with Crippen LogP contribution in [0.4, 0.5) is 0 Å². The number of hydrogen-bond acceptors (Lipinski definition) is 2. The smallest absolute Gasteiger partial charge is 0.240 e. The van der Waals surface area contributed by atoms with Crippen LogP contribution in [0, 0.1) is 5.92 Å². The molecule has 4 aromatic carbocycles. The number of carbonyl (C=O) groups is 2. The second-order valence-corrected chi connectivity index (χ2v) is 10.1. The van der Waals surface area contributed by atoms with Gasteiger partial charge in [-0.3, -0.25) is 9.59 Å². The second kappa shape index (κ2) is 7.96. The van der Waals surface area contributed by atoms with Crippen molar-refractivity contribution in [2.45, 2.75) is 31.2 Å². The van der Waals surface area contributed by atoms with E-state index in [1.165, 1.54) is 0 Å². The number of aromatic nitrogens is 1. The molecule has 0 saturated carbocycles. The molecule has 1 heterocycles. The number of aryl methyl sites for hydroxylation is 2. The van der Waals surface area contributed by atoms with Gasteiger partial charge in [-0.2, -0.15) is 4.57 Å². The van der Waals surface area contributed by atoms with E-state index in [0.717, 1.165) is 56.6 Å². The van der Waals surface area contributed by atoms with E-state index in [4.69, 9.17) is 0 Å². The molecule has 174 valence electrons. The normalized spacial score (nSPS) is 21.4. The van der Waals surface area contributed by atoms with Gasteiger partial charge in [-0.1, -0.05) is 78.9 Å². The molecule has 0 unspecified atom stereocenters. The largest absolute Gasteiger partial charge is 0.294 e. The Balaban J connectivity index is 1.41. The van der Waals surface area contributed by atoms with Gasteiger partial charge in [0.05, 0.1) is 5.92 Å². The average Bonchev–Trinajstić information content (AvgIpc) is 2.94. The van der Waals surface area contributed by atoms with Crippen molar-refractivity contribution >= 4 is 33.1 Å². The van der Waals surface area contributed by atoms with Gasteiger partial charge in [0, 0.05) is 29.7 Å². The van der Waals surface area contributed by atoms with Crippen LogP contribution < -0.4 is 4.57 Å². The van der Waals surface area contributed by atoms with Gasteiger partial charge < -0.3 is 0 Å². The molecule has 36 heavy (non-hydrogen) atoms. The van der Waals surface area contributed by atoms with Crippen molar-refractivity contribution in [3.63, 3.8) is 0 Å². The number of carbonyl (C=O) groups excluding carboxylic acids is 2. The van der Waals surface area contributed by atoms with Crippen molar-refractivity contribution in [2.24, 2.45) is 5.92 Å². The average molecular weight is 469 g/mol. The minimum absolute atomic E-state index is 0.0632. The third kappa shape index (κ3) is 2.89. The van der Waals surface area contributed by atoms with E-state index in [2.05, 4.69) is 24.3 Å². The predicted molar refractivity (Wildman–Crippen MR) is 141 cm³/mol. The molecular formula is C33H26NO2+. The maximum atomic E-state index is 14.6. The molecule has 2 aliphatic carbocycles. The number of nitrogens with zero attached hydrogens (tertiary/aromatic N) is 1. The summed E-state index contributed by atoms with van der Waals surface area (Å²) in [4.78, 5) is 28.8. The Morgan fingerprint density at radius 1 is 0.639 bits per heavy atom. The van der Waals surface area contributed by atoms with E-state index in [0.29, 0.717) is 12.8 Å². The lowest BCUT2D eigenvalue weighted by atomic mass is 9.63. The van der Waals surface area contributed by atoms with Gasteiger partial charge in [0.25, 0.3) is 0 Å². The first-order valence-electron chi connectivity index (χ1n) is 12.8. The lowest BCUT2D eigenvalue weighted by Crippen LogP contribution is -2.68. The van der Waals surface area contributed by atoms with Crippen LogP contribution in [0.2, 0.25) is 0 Å². The van der Waals surface area contributed by atoms with Crippen LogP contribution in [-0.2, 0) is 18.4 Å². The topological polar surface area (TPSA) is 38.0 Å². The lowest BCUT2D eigenvalue weighted by Gasteiger charge is -2.39. The van der Waals surface area contributed by atoms with Crippen LogP contribution in [0.25, 0.3) is 21.5 Å². The Morgan fingerprint density at radius 3 is 1.94 bits per heavy atom. The highest BCUT2D eigenvalue weighted by atomic mass is 16.1. The molecule has 0 radical (unpaired) electrons. The van der Waals surface area contributed by atoms with E-state index < -0.39 is 11.5 Å². The first kappa shape index (κ1) is 21.2. The molecule has 5 aromatic rings. The summed E-state index contributed by atoms with van der Waals surface area (Å²) in [6.07, 6.45) is 6.76. The molecule has 2 aliphatic rings. The summed E-state index contributed by atoms with van der Waals surface area (Å²) in [5.74, 6) is -0.255. The summed E-state index contributed by atoms with van der Waals surface area (Å²) >= 11 is 0. The van der Waals surface area contributed by atoms with E-state index >= 15 is 0 Å². The first-order chi connectivity index (χ1) is 17.7. The van der Waals surface area contributed by atoms with E-state index in [1.807, 2.05) is 83.7 Å². The Kier molecular flexibility index (Phi) is 4.69. The number of rotatable bonds is 2. The minimum atomic E-state index is -0.933. The fourth-order valence-corrected chi connectivity index (χ4v) is 6.80. The highest BCUT2D eigenvalue weighted by Gasteiger charge is 2.59. The Bertz CT molecular complexity index is 1690. The minimum Gasteiger partial charge on any atom is -0.294 e. The zero-order valence-electron chi connectivity index (χ0n) is 20.0. The van der Waals surface area contributed by atoms with Crippen molar-refractivity contribution in [3.8, 4) is 0 Å². The van der Waals surface area contributed by atoms with Gasteiger partial charge in [-0.15, -0.1) is 0 Å². The predicted octanol–water partition coefficient (Wildman–Crippen LogP) is 6.25. The summed E-state index contributed by atoms with van der Waals surface area (Å²) in [7, 11) is 0. The van der Waals surface area contributed by atoms with Crippen LogP contribution in [0.3, 0.4) is 0 Å². The Labute approximate surface area is 210 Å². The van der Waals surface area contributed by atoms with Gasteiger partial charge in [-0.05, 0) is 51.9 Å². The van der Waals surface area contributed by atoms with E-state index in [1.54, 1.807) is 0 Å². The van der Waals surface area contributed by atoms with Crippen LogP contribution in [0.15, 0.2) is 103 Å². The van der Waals surface area contributed by atoms with Crippen molar-refractivity contribution in [2.75, 3.05) is 0 Å². The van der Waals surface area contributed by atoms with Gasteiger partial charge in [0.1, 0.15) is 0 Å². The van der Waals surface area contributed by atoms with Crippen molar-refractivity contribution in [1.82, 2.24) is 0 Å². The van der Waals surface area contributed by atoms with E-state index in [-0.39, 0.29) is 11.6 Å². The maximum absolute atomic E-state index is 14.6. The molecule has 2 atom stereocenters. The number of ketones is 2. The molecule has 0 amide bonds. The van der Waals surface area contributed by atoms with Crippen molar-refractivity contribution in [3.05, 3.63) is 126 Å². The van der Waals surface area contributed by atoms with Crippen LogP contribution >= 0.6 is 0 Å². The molecule has 3 nitrogen and oxygen atoms in total. The van der Waals surface area contributed by atoms with Gasteiger partial charge >= 0.3 is 0 Å². The fraction of sp³-hybridized carbons (Fsp3) is 0.182. The van der Waals surface area contributed by atoms with Gasteiger partial charge in [-0.25, -0.2) is 0 Å². The van der Waals surface area contributed by atoms with Crippen LogP contribution in [-0.4, -0.2) is 11.6 Å². The summed E-state index contributed by atoms with van der Waals surface area (Å²) in [6, 6.07) is 30.5. The summed E-state index contributed by atoms with van der Waals surface area (Å²) in [6.45, 7) is 0. The first-order valence-corrected chi connectivity index (χ1v) is 12.8. The SMILES string of the molecule is O=C1c2ccc3ccccc3c2CC[C@H]1[C@]1([n+]2ccccc2)CCc2c(ccc3ccccc23)C1=O. The van der Waals surface area contributed by atoms with Gasteiger partial charge in [0.15, 0.2) is 18.2 Å². The van der Waals surface area contributed by atoms with Crippen molar-refractivity contribution in [1.29, 1.82) is 0 Å². The molecule has 7 rings (SSSR count). The third-order valence-electron chi connectivity index (χ3n) is 8.49. The lowest BCUT2D eigenvalue weighted by molar-refractivity contribution is -0.754. The molecular weight excluding hydrogens is 442 g/mol. The molecule has 3 heteroatoms. The Hall–Kier alpha value is -4.11. The summed E-state index contributed by atoms with van der Waals surface area (Å²) < 4.78 is 2.03. The van der Waals surface area contributed by atoms with Gasteiger partial charge in [0.2, 0.25) is 11.3 Å². The second-order valence-electron chi connectivity index (χ2n) is 10.1. The monoisotopic (exact) mass is 468 g/mol. The quantitative estimate of drug-likeness (QED) is 0.287. The fourth-order valence-electron chi connectivity index (χ4n) is 6.80. The molecule has 0 aliphatic heterocycles. The molecule has 0 saturated heterocycles. The zero-order chi connectivity index (χ0) is 24.3. The molecule has 1 aromatic heterocycles. The number of fused-ring (bicyclic) bond motifs is 6. The Morgan fingerprint density at radius 2 is 1.25 bits per heavy atom. The van der Waals surface area contributed by atoms with Crippen LogP contribution in [0.5, 0.6) is 0 Å². The van der Waals surface area contributed by atoms with Crippen molar-refractivity contribution < 1.29 is 14.2 Å². The van der Waals surface area contributed by atoms with Crippen LogP contribution in [0.1, 0.15) is 44.7 Å². The van der Waals surface area contributed by atoms with E-state index in [9.17, 15) is 9.59 Å². The number of benzene rings is 4. The number of pyridine rings is 1. The molecule has 0 spiro atoms. The molecule has 0 bridgehead atoms. The number of Topliss-reactive ketones (excluding diaryl/α,β-unsaturated/α-hetero) is 2. The summed E-state index contributed by atoms with van der Waals surface area (Å²) in [5, 5.41) is 4.60. The highest BCUT2D eigenvalue weighted by Crippen LogP contribution is 2.44.